The molecule has 3 nitrogen and oxygen atoms in total. The Morgan fingerprint density at radius 3 is 2.20 bits per heavy atom. The monoisotopic (exact) mass is 527 g/mol. The van der Waals surface area contributed by atoms with Crippen molar-refractivity contribution < 1.29 is 9.52 Å². The molecule has 0 atom stereocenters. The minimum absolute atomic E-state index is 0.135. The van der Waals surface area contributed by atoms with E-state index in [2.05, 4.69) is 133 Å². The summed E-state index contributed by atoms with van der Waals surface area (Å²) < 4.78 is 8.49. The third-order valence-electron chi connectivity index (χ3n) is 9.14. The van der Waals surface area contributed by atoms with Gasteiger partial charge in [0.25, 0.3) is 0 Å². The first-order chi connectivity index (χ1) is 20.1. The van der Waals surface area contributed by atoms with E-state index in [1.165, 1.54) is 60.1 Å². The zero-order valence-corrected chi connectivity index (χ0v) is 22.9. The number of nitrogens with one attached hydrogen (secondary N) is 1. The molecule has 0 amide bonds. The Morgan fingerprint density at radius 1 is 0.585 bits per heavy atom. The molecule has 1 aliphatic carbocycles. The lowest BCUT2D eigenvalue weighted by Crippen LogP contribution is -2.17. The number of H-pyrrole nitrogens is 1. The smallest absolute Gasteiger partial charge is 0.194 e. The molecule has 6 aromatic carbocycles. The summed E-state index contributed by atoms with van der Waals surface area (Å²) in [5.74, 6) is 0. The highest BCUT2D eigenvalue weighted by Gasteiger charge is 2.37. The molecule has 2 aromatic heterocycles. The molecule has 0 radical (unpaired) electrons. The van der Waals surface area contributed by atoms with Gasteiger partial charge in [-0.1, -0.05) is 92.7 Å². The molecule has 0 saturated carbocycles. The van der Waals surface area contributed by atoms with E-state index in [1.807, 2.05) is 12.3 Å². The summed E-state index contributed by atoms with van der Waals surface area (Å²) in [6.07, 6.45) is 2.03. The molecule has 41 heavy (non-hydrogen) atoms. The average Bonchev–Trinajstić information content (AvgIpc) is 3.69. The van der Waals surface area contributed by atoms with Crippen molar-refractivity contribution >= 4 is 43.5 Å². The number of rotatable bonds is 2. The highest BCUT2D eigenvalue weighted by molar-refractivity contribution is 6.11. The number of nitrogens with zero attached hydrogens (tertiary/aromatic N) is 1. The maximum Gasteiger partial charge on any atom is 0.194 e. The number of furan rings is 1. The largest absolute Gasteiger partial charge is 0.456 e. The molecule has 0 unspecified atom stereocenters. The fraction of sp³-hybridized carbons (Fsp3) is 0.0789. The van der Waals surface area contributed by atoms with Gasteiger partial charge in [-0.3, -0.25) is 0 Å². The summed E-state index contributed by atoms with van der Waals surface area (Å²) in [4.78, 5) is 0. The number of hydrogen-bond acceptors (Lipinski definition) is 1. The Bertz CT molecular complexity index is 2350. The standard InChI is InChI=1S/C38H26N2O/c1-38(2)32-19-24(15-16-27(32)30-22-37-31(21-33(30)38)29-13-7-8-14-36(29)41-37)34-17-18-39-40(34)35-20-23-9-3-4-10-25(23)26-11-5-6-12-28(26)35/h3-22H,1-2H3/p+1. The molecule has 0 saturated heterocycles. The number of hydrogen-bond donors (Lipinski definition) is 0. The summed E-state index contributed by atoms with van der Waals surface area (Å²) in [6, 6.07) is 41.7. The van der Waals surface area contributed by atoms with Crippen molar-refractivity contribution in [3.63, 3.8) is 0 Å². The second-order valence-corrected chi connectivity index (χ2v) is 11.7. The molecule has 9 rings (SSSR count). The predicted molar refractivity (Wildman–Crippen MR) is 168 cm³/mol. The van der Waals surface area contributed by atoms with Gasteiger partial charge in [-0.25, -0.2) is 0 Å². The number of fused-ring (bicyclic) bond motifs is 9. The number of benzene rings is 6. The van der Waals surface area contributed by atoms with Crippen LogP contribution in [0.15, 0.2) is 126 Å². The topological polar surface area (TPSA) is 32.2 Å². The zero-order valence-electron chi connectivity index (χ0n) is 22.9. The van der Waals surface area contributed by atoms with Crippen molar-refractivity contribution in [2.75, 3.05) is 0 Å². The van der Waals surface area contributed by atoms with Crippen molar-refractivity contribution in [1.82, 2.24) is 4.68 Å². The third kappa shape index (κ3) is 3.06. The van der Waals surface area contributed by atoms with Crippen molar-refractivity contribution in [2.24, 2.45) is 0 Å². The van der Waals surface area contributed by atoms with E-state index in [0.29, 0.717) is 0 Å². The predicted octanol–water partition coefficient (Wildman–Crippen LogP) is 9.47. The van der Waals surface area contributed by atoms with Crippen LogP contribution in [0.2, 0.25) is 0 Å². The van der Waals surface area contributed by atoms with Gasteiger partial charge in [0.05, 0.1) is 0 Å². The summed E-state index contributed by atoms with van der Waals surface area (Å²) in [6.45, 7) is 4.69. The third-order valence-corrected chi connectivity index (χ3v) is 9.14. The molecule has 0 spiro atoms. The Kier molecular flexibility index (Phi) is 4.39. The van der Waals surface area contributed by atoms with Gasteiger partial charge in [0.1, 0.15) is 22.5 Å². The van der Waals surface area contributed by atoms with Gasteiger partial charge in [-0.2, -0.15) is 0 Å². The lowest BCUT2D eigenvalue weighted by atomic mass is 9.81. The van der Waals surface area contributed by atoms with Gasteiger partial charge in [0, 0.05) is 33.2 Å². The molecule has 194 valence electrons. The van der Waals surface area contributed by atoms with Crippen LogP contribution in [-0.4, -0.2) is 4.68 Å². The molecule has 1 N–H and O–H groups in total. The first-order valence-electron chi connectivity index (χ1n) is 14.2. The van der Waals surface area contributed by atoms with Gasteiger partial charge in [0.15, 0.2) is 6.20 Å². The van der Waals surface area contributed by atoms with Crippen molar-refractivity contribution in [3.05, 3.63) is 133 Å². The van der Waals surface area contributed by atoms with Gasteiger partial charge in [0.2, 0.25) is 0 Å². The summed E-state index contributed by atoms with van der Waals surface area (Å²) in [5.41, 5.74) is 10.5. The van der Waals surface area contributed by atoms with Crippen LogP contribution in [-0.2, 0) is 5.41 Å². The summed E-state index contributed by atoms with van der Waals surface area (Å²) in [7, 11) is 0. The minimum atomic E-state index is -0.135. The first kappa shape index (κ1) is 22.6. The maximum absolute atomic E-state index is 6.27. The Labute approximate surface area is 237 Å². The minimum Gasteiger partial charge on any atom is -0.456 e. The maximum atomic E-state index is 6.27. The molecule has 1 aliphatic rings. The quantitative estimate of drug-likeness (QED) is 0.206. The highest BCUT2D eigenvalue weighted by atomic mass is 16.3. The van der Waals surface area contributed by atoms with Crippen LogP contribution >= 0.6 is 0 Å². The molecular weight excluding hydrogens is 500 g/mol. The van der Waals surface area contributed by atoms with Crippen molar-refractivity contribution in [3.8, 4) is 28.1 Å². The number of aromatic amines is 1. The molecule has 3 heteroatoms. The molecule has 0 bridgehead atoms. The summed E-state index contributed by atoms with van der Waals surface area (Å²) in [5, 5.41) is 10.9. The van der Waals surface area contributed by atoms with Crippen LogP contribution in [0.5, 0.6) is 0 Å². The normalized spacial score (nSPS) is 13.8. The van der Waals surface area contributed by atoms with Crippen LogP contribution < -0.4 is 5.10 Å². The van der Waals surface area contributed by atoms with E-state index in [4.69, 9.17) is 4.42 Å². The van der Waals surface area contributed by atoms with Crippen molar-refractivity contribution in [2.45, 2.75) is 19.3 Å². The van der Waals surface area contributed by atoms with Gasteiger partial charge in [-0.05, 0) is 68.7 Å². The van der Waals surface area contributed by atoms with Gasteiger partial charge in [-0.15, -0.1) is 9.78 Å². The fourth-order valence-electron chi connectivity index (χ4n) is 7.09. The van der Waals surface area contributed by atoms with E-state index in [1.54, 1.807) is 0 Å². The Balaban J connectivity index is 1.23. The van der Waals surface area contributed by atoms with E-state index >= 15 is 0 Å². The van der Waals surface area contributed by atoms with Gasteiger partial charge >= 0.3 is 0 Å². The number of aromatic nitrogens is 2. The Hall–Kier alpha value is -5.15. The van der Waals surface area contributed by atoms with Crippen LogP contribution in [0.3, 0.4) is 0 Å². The molecule has 0 fully saturated rings. The first-order valence-corrected chi connectivity index (χ1v) is 14.2. The van der Waals surface area contributed by atoms with Crippen LogP contribution in [0, 0.1) is 0 Å². The number of para-hydroxylation sites is 1. The van der Waals surface area contributed by atoms with E-state index < -0.39 is 0 Å². The lowest BCUT2D eigenvalue weighted by molar-refractivity contribution is -0.472. The van der Waals surface area contributed by atoms with E-state index in [0.717, 1.165) is 22.5 Å². The summed E-state index contributed by atoms with van der Waals surface area (Å²) >= 11 is 0. The van der Waals surface area contributed by atoms with E-state index in [9.17, 15) is 0 Å². The molecule has 0 aliphatic heterocycles. The molecular formula is C38H27N2O+. The fourth-order valence-corrected chi connectivity index (χ4v) is 7.09. The highest BCUT2D eigenvalue weighted by Crippen LogP contribution is 2.51. The van der Waals surface area contributed by atoms with E-state index in [-0.39, 0.29) is 5.41 Å². The van der Waals surface area contributed by atoms with Gasteiger partial charge < -0.3 is 4.42 Å². The second-order valence-electron chi connectivity index (χ2n) is 11.7. The lowest BCUT2D eigenvalue weighted by Gasteiger charge is -2.22. The zero-order chi connectivity index (χ0) is 27.3. The van der Waals surface area contributed by atoms with Crippen LogP contribution in [0.25, 0.3) is 71.6 Å². The van der Waals surface area contributed by atoms with Crippen LogP contribution in [0.1, 0.15) is 25.0 Å². The second kappa shape index (κ2) is 7.96. The Morgan fingerprint density at radius 2 is 1.32 bits per heavy atom. The van der Waals surface area contributed by atoms with Crippen LogP contribution in [0.4, 0.5) is 0 Å². The SMILES string of the molecule is CC1(C)c2cc(-c3cc[nH+]n3-c3cc4ccccc4c4ccccc34)ccc2-c2cc3oc4ccccc4c3cc21. The molecule has 8 aromatic rings. The molecule has 2 heterocycles. The average molecular weight is 528 g/mol. The van der Waals surface area contributed by atoms with Crippen molar-refractivity contribution in [1.29, 1.82) is 0 Å².